The fourth-order valence-electron chi connectivity index (χ4n) is 0.354. The highest BCUT2D eigenvalue weighted by atomic mass is 16.7. The van der Waals surface area contributed by atoms with E-state index in [1.54, 1.807) is 0 Å². The van der Waals surface area contributed by atoms with Gasteiger partial charge in [-0.25, -0.2) is 5.84 Å². The van der Waals surface area contributed by atoms with E-state index in [1.165, 1.54) is 0 Å². The Morgan fingerprint density at radius 2 is 2.18 bits per heavy atom. The van der Waals surface area contributed by atoms with Crippen molar-refractivity contribution in [1.29, 1.82) is 5.41 Å². The summed E-state index contributed by atoms with van der Waals surface area (Å²) in [5.74, 6) is 4.82. The molecule has 0 unspecified atom stereocenters. The van der Waals surface area contributed by atoms with Crippen LogP contribution in [0.2, 0.25) is 0 Å². The van der Waals surface area contributed by atoms with Crippen LogP contribution < -0.4 is 11.6 Å². The minimum atomic E-state index is -0.313. The fraction of sp³-hybridized carbons (Fsp3) is 0.500. The van der Waals surface area contributed by atoms with Crippen molar-refractivity contribution >= 4 is 5.96 Å². The van der Waals surface area contributed by atoms with Gasteiger partial charge in [0.05, 0.1) is 6.61 Å². The predicted molar refractivity (Wildman–Crippen MR) is 43.3 cm³/mol. The van der Waals surface area contributed by atoms with E-state index in [-0.39, 0.29) is 5.96 Å². The number of guanidine groups is 1. The molecule has 0 radical (unpaired) electrons. The second kappa shape index (κ2) is 4.70. The van der Waals surface area contributed by atoms with Gasteiger partial charge in [-0.3, -0.25) is 10.2 Å². The Kier molecular flexibility index (Phi) is 4.24. The molecule has 0 aliphatic carbocycles. The summed E-state index contributed by atoms with van der Waals surface area (Å²) in [6.45, 7) is 4.22. The summed E-state index contributed by atoms with van der Waals surface area (Å²) >= 11 is 0. The normalized spacial score (nSPS) is 9.00. The molecule has 64 valence electrons. The number of allylic oxidation sites excluding steroid dienone is 1. The van der Waals surface area contributed by atoms with Crippen LogP contribution in [-0.4, -0.2) is 17.7 Å². The zero-order chi connectivity index (χ0) is 8.85. The van der Waals surface area contributed by atoms with Crippen LogP contribution in [0.1, 0.15) is 13.8 Å². The van der Waals surface area contributed by atoms with Crippen LogP contribution in [0.3, 0.4) is 0 Å². The minimum Gasteiger partial charge on any atom is -0.367 e. The van der Waals surface area contributed by atoms with E-state index in [2.05, 4.69) is 0 Å². The van der Waals surface area contributed by atoms with E-state index >= 15 is 0 Å². The van der Waals surface area contributed by atoms with Gasteiger partial charge in [-0.05, 0) is 13.8 Å². The van der Waals surface area contributed by atoms with Gasteiger partial charge in [0.25, 0.3) is 0 Å². The Bertz CT molecular complexity index is 162. The molecule has 5 nitrogen and oxygen atoms in total. The van der Waals surface area contributed by atoms with Crippen LogP contribution in [0, 0.1) is 5.41 Å². The summed E-state index contributed by atoms with van der Waals surface area (Å²) in [6.07, 6.45) is 1.84. The molecule has 0 aromatic rings. The van der Waals surface area contributed by atoms with Crippen molar-refractivity contribution < 1.29 is 4.84 Å². The number of hydrogen-bond acceptors (Lipinski definition) is 3. The summed E-state index contributed by atoms with van der Waals surface area (Å²) in [7, 11) is 0. The number of rotatable bonds is 3. The fourth-order valence-corrected chi connectivity index (χ4v) is 0.354. The molecule has 0 saturated heterocycles. The lowest BCUT2D eigenvalue weighted by atomic mass is 10.3. The van der Waals surface area contributed by atoms with Gasteiger partial charge in [-0.15, -0.1) is 0 Å². The molecule has 0 bridgehead atoms. The van der Waals surface area contributed by atoms with Crippen molar-refractivity contribution in [3.05, 3.63) is 11.6 Å². The molecule has 0 aliphatic rings. The standard InChI is InChI=1S/C6H14N4O/c1-5(2)3-4-11-10(9)6(7)8/h3H,4,9H2,1-2H3,(H3,7,8). The Balaban J connectivity index is 3.55. The zero-order valence-electron chi connectivity index (χ0n) is 6.79. The number of hydroxylamine groups is 1. The monoisotopic (exact) mass is 158 g/mol. The van der Waals surface area contributed by atoms with Crippen LogP contribution in [0.25, 0.3) is 0 Å². The first-order chi connectivity index (χ1) is 5.04. The Labute approximate surface area is 66.0 Å². The highest BCUT2D eigenvalue weighted by molar-refractivity contribution is 5.72. The lowest BCUT2D eigenvalue weighted by Gasteiger charge is -2.13. The molecule has 0 heterocycles. The second-order valence-corrected chi connectivity index (χ2v) is 2.29. The number of hydrogen-bond donors (Lipinski definition) is 3. The van der Waals surface area contributed by atoms with E-state index in [4.69, 9.17) is 21.8 Å². The van der Waals surface area contributed by atoms with E-state index < -0.39 is 0 Å². The third kappa shape index (κ3) is 5.38. The molecule has 5 N–H and O–H groups in total. The average Bonchev–Trinajstić information content (AvgIpc) is 1.86. The van der Waals surface area contributed by atoms with E-state index in [0.29, 0.717) is 6.61 Å². The quantitative estimate of drug-likeness (QED) is 0.177. The number of nitrogens with zero attached hydrogens (tertiary/aromatic N) is 1. The van der Waals surface area contributed by atoms with Gasteiger partial charge in [0.15, 0.2) is 0 Å². The third-order valence-corrected chi connectivity index (χ3v) is 0.943. The van der Waals surface area contributed by atoms with E-state index in [9.17, 15) is 0 Å². The molecule has 0 spiro atoms. The van der Waals surface area contributed by atoms with Crippen molar-refractivity contribution in [2.45, 2.75) is 13.8 Å². The first-order valence-electron chi connectivity index (χ1n) is 3.19. The summed E-state index contributed by atoms with van der Waals surface area (Å²) in [5, 5.41) is 7.54. The lowest BCUT2D eigenvalue weighted by Crippen LogP contribution is -2.41. The minimum absolute atomic E-state index is 0.313. The Morgan fingerprint density at radius 1 is 1.64 bits per heavy atom. The van der Waals surface area contributed by atoms with Gasteiger partial charge in [-0.1, -0.05) is 11.6 Å². The van der Waals surface area contributed by atoms with Crippen LogP contribution in [0.5, 0.6) is 0 Å². The van der Waals surface area contributed by atoms with Crippen LogP contribution in [0.4, 0.5) is 0 Å². The van der Waals surface area contributed by atoms with Gasteiger partial charge in [0.1, 0.15) is 0 Å². The van der Waals surface area contributed by atoms with Crippen molar-refractivity contribution in [3.63, 3.8) is 0 Å². The Hall–Kier alpha value is -1.07. The van der Waals surface area contributed by atoms with E-state index in [0.717, 1.165) is 10.7 Å². The highest BCUT2D eigenvalue weighted by Crippen LogP contribution is 1.88. The Morgan fingerprint density at radius 3 is 2.55 bits per heavy atom. The van der Waals surface area contributed by atoms with Gasteiger partial charge >= 0.3 is 0 Å². The molecule has 0 amide bonds. The van der Waals surface area contributed by atoms with Crippen molar-refractivity contribution in [3.8, 4) is 0 Å². The maximum atomic E-state index is 6.82. The molecular formula is C6H14N4O. The third-order valence-electron chi connectivity index (χ3n) is 0.943. The van der Waals surface area contributed by atoms with E-state index in [1.807, 2.05) is 19.9 Å². The van der Waals surface area contributed by atoms with Crippen molar-refractivity contribution in [1.82, 2.24) is 5.17 Å². The van der Waals surface area contributed by atoms with Crippen molar-refractivity contribution in [2.75, 3.05) is 6.61 Å². The molecule has 0 aromatic heterocycles. The topological polar surface area (TPSA) is 88.4 Å². The summed E-state index contributed by atoms with van der Waals surface area (Å²) in [5.41, 5.74) is 6.12. The maximum absolute atomic E-state index is 6.82. The van der Waals surface area contributed by atoms with Crippen molar-refractivity contribution in [2.24, 2.45) is 11.6 Å². The molecule has 0 aromatic carbocycles. The molecule has 0 saturated carbocycles. The molecule has 0 atom stereocenters. The SMILES string of the molecule is CC(C)=CCON(N)C(=N)N. The molecular weight excluding hydrogens is 144 g/mol. The summed E-state index contributed by atoms with van der Waals surface area (Å²) in [6, 6.07) is 0. The number of hydrazine groups is 1. The van der Waals surface area contributed by atoms with Gasteiger partial charge in [0.2, 0.25) is 5.96 Å². The highest BCUT2D eigenvalue weighted by Gasteiger charge is 1.96. The molecule has 11 heavy (non-hydrogen) atoms. The smallest absolute Gasteiger partial charge is 0.228 e. The van der Waals surface area contributed by atoms with Gasteiger partial charge < -0.3 is 5.73 Å². The molecule has 5 heteroatoms. The second-order valence-electron chi connectivity index (χ2n) is 2.29. The number of nitrogens with one attached hydrogen (secondary N) is 1. The summed E-state index contributed by atoms with van der Waals surface area (Å²) < 4.78 is 0. The predicted octanol–water partition coefficient (Wildman–Crippen LogP) is -0.0466. The zero-order valence-corrected chi connectivity index (χ0v) is 6.79. The van der Waals surface area contributed by atoms with Gasteiger partial charge in [-0.2, -0.15) is 5.17 Å². The van der Waals surface area contributed by atoms with Crippen LogP contribution >= 0.6 is 0 Å². The summed E-state index contributed by atoms with van der Waals surface area (Å²) in [4.78, 5) is 4.80. The van der Waals surface area contributed by atoms with Crippen LogP contribution in [-0.2, 0) is 4.84 Å². The average molecular weight is 158 g/mol. The van der Waals surface area contributed by atoms with Crippen LogP contribution in [0.15, 0.2) is 11.6 Å². The number of nitrogens with two attached hydrogens (primary N) is 2. The molecule has 0 rings (SSSR count). The maximum Gasteiger partial charge on any atom is 0.228 e. The molecule has 0 fully saturated rings. The first-order valence-corrected chi connectivity index (χ1v) is 3.19. The lowest BCUT2D eigenvalue weighted by molar-refractivity contribution is -0.0894. The van der Waals surface area contributed by atoms with Gasteiger partial charge in [0, 0.05) is 0 Å². The molecule has 0 aliphatic heterocycles. The largest absolute Gasteiger partial charge is 0.367 e. The first kappa shape index (κ1) is 9.93.